The van der Waals surface area contributed by atoms with Gasteiger partial charge in [-0.15, -0.1) is 0 Å². The third kappa shape index (κ3) is 3.71. The zero-order chi connectivity index (χ0) is 15.2. The molecule has 1 fully saturated rings. The van der Waals surface area contributed by atoms with Crippen molar-refractivity contribution >= 4 is 11.9 Å². The van der Waals surface area contributed by atoms with E-state index in [0.29, 0.717) is 11.4 Å². The molecule has 0 spiro atoms. The molecule has 1 aromatic rings. The third-order valence-corrected chi connectivity index (χ3v) is 3.75. The van der Waals surface area contributed by atoms with Gasteiger partial charge in [0.1, 0.15) is 6.54 Å². The molecule has 6 nitrogen and oxygen atoms in total. The summed E-state index contributed by atoms with van der Waals surface area (Å²) in [6, 6.07) is 3.39. The lowest BCUT2D eigenvalue weighted by Crippen LogP contribution is -2.42. The Morgan fingerprint density at radius 1 is 1.29 bits per heavy atom. The summed E-state index contributed by atoms with van der Waals surface area (Å²) < 4.78 is 9.68. The molecule has 0 aliphatic heterocycles. The number of hydrogen-bond donors (Lipinski definition) is 0. The van der Waals surface area contributed by atoms with Gasteiger partial charge >= 0.3 is 5.97 Å². The van der Waals surface area contributed by atoms with Gasteiger partial charge in [0, 0.05) is 18.3 Å². The minimum atomic E-state index is -0.406. The molecule has 0 atom stereocenters. The quantitative estimate of drug-likeness (QED) is 0.772. The number of nitrogens with zero attached hydrogens (tertiary/aromatic N) is 2. The molecule has 114 valence electrons. The molecular weight excluding hydrogens is 272 g/mol. The molecule has 1 amide bonds. The van der Waals surface area contributed by atoms with Crippen LogP contribution < -0.4 is 4.74 Å². The molecule has 2 rings (SSSR count). The van der Waals surface area contributed by atoms with Gasteiger partial charge in [-0.25, -0.2) is 4.98 Å². The molecule has 0 unspecified atom stereocenters. The predicted octanol–water partition coefficient (Wildman–Crippen LogP) is 1.65. The van der Waals surface area contributed by atoms with Crippen molar-refractivity contribution in [3.63, 3.8) is 0 Å². The summed E-state index contributed by atoms with van der Waals surface area (Å²) in [5.41, 5.74) is 0.451. The van der Waals surface area contributed by atoms with Crippen LogP contribution in [0.1, 0.15) is 36.0 Å². The summed E-state index contributed by atoms with van der Waals surface area (Å²) in [6.07, 6.45) is 5.48. The van der Waals surface area contributed by atoms with E-state index in [9.17, 15) is 9.59 Å². The molecule has 1 heterocycles. The van der Waals surface area contributed by atoms with E-state index in [0.717, 1.165) is 25.7 Å². The molecule has 1 saturated carbocycles. The number of pyridine rings is 1. The highest BCUT2D eigenvalue weighted by atomic mass is 16.5. The lowest BCUT2D eigenvalue weighted by atomic mass is 10.1. The number of rotatable bonds is 5. The summed E-state index contributed by atoms with van der Waals surface area (Å²) >= 11 is 0. The third-order valence-electron chi connectivity index (χ3n) is 3.75. The van der Waals surface area contributed by atoms with Crippen molar-refractivity contribution in [3.05, 3.63) is 23.9 Å². The Morgan fingerprint density at radius 2 is 2.00 bits per heavy atom. The van der Waals surface area contributed by atoms with E-state index in [1.807, 2.05) is 0 Å². The predicted molar refractivity (Wildman–Crippen MR) is 76.1 cm³/mol. The van der Waals surface area contributed by atoms with Gasteiger partial charge in [-0.2, -0.15) is 0 Å². The Kier molecular flexibility index (Phi) is 5.14. The first-order valence-corrected chi connectivity index (χ1v) is 7.03. The van der Waals surface area contributed by atoms with Crippen molar-refractivity contribution in [2.45, 2.75) is 31.7 Å². The van der Waals surface area contributed by atoms with E-state index in [-0.39, 0.29) is 18.5 Å². The first kappa shape index (κ1) is 15.3. The minimum absolute atomic E-state index is 0.0218. The molecule has 0 radical (unpaired) electrons. The van der Waals surface area contributed by atoms with Gasteiger partial charge in [-0.1, -0.05) is 12.8 Å². The Morgan fingerprint density at radius 3 is 2.52 bits per heavy atom. The number of ether oxygens (including phenoxy) is 2. The van der Waals surface area contributed by atoms with Crippen molar-refractivity contribution in [3.8, 4) is 5.88 Å². The summed E-state index contributed by atoms with van der Waals surface area (Å²) in [4.78, 5) is 29.8. The summed E-state index contributed by atoms with van der Waals surface area (Å²) in [6.45, 7) is -0.0218. The highest BCUT2D eigenvalue weighted by Gasteiger charge is 2.29. The second-order valence-electron chi connectivity index (χ2n) is 5.04. The Hall–Kier alpha value is -2.11. The van der Waals surface area contributed by atoms with Crippen molar-refractivity contribution < 1.29 is 19.1 Å². The largest absolute Gasteiger partial charge is 0.481 e. The van der Waals surface area contributed by atoms with Crippen LogP contribution in [-0.4, -0.2) is 48.6 Å². The van der Waals surface area contributed by atoms with E-state index in [4.69, 9.17) is 9.47 Å². The average molecular weight is 292 g/mol. The molecule has 1 aromatic heterocycles. The zero-order valence-electron chi connectivity index (χ0n) is 12.4. The topological polar surface area (TPSA) is 68.7 Å². The van der Waals surface area contributed by atoms with Crippen molar-refractivity contribution in [2.24, 2.45) is 0 Å². The highest BCUT2D eigenvalue weighted by molar-refractivity contribution is 5.96. The summed E-state index contributed by atoms with van der Waals surface area (Å²) in [5.74, 6) is -0.147. The van der Waals surface area contributed by atoms with Crippen LogP contribution in [0.3, 0.4) is 0 Å². The Bertz CT molecular complexity index is 495. The van der Waals surface area contributed by atoms with Crippen LogP contribution in [0.4, 0.5) is 0 Å². The maximum atomic E-state index is 12.6. The van der Waals surface area contributed by atoms with E-state index < -0.39 is 5.97 Å². The van der Waals surface area contributed by atoms with Gasteiger partial charge < -0.3 is 14.4 Å². The monoisotopic (exact) mass is 292 g/mol. The van der Waals surface area contributed by atoms with Crippen LogP contribution in [0.2, 0.25) is 0 Å². The summed E-state index contributed by atoms with van der Waals surface area (Å²) in [7, 11) is 2.85. The number of amides is 1. The maximum absolute atomic E-state index is 12.6. The summed E-state index contributed by atoms with van der Waals surface area (Å²) in [5, 5.41) is 0. The molecule has 1 aliphatic carbocycles. The standard InChI is InChI=1S/C15H20N2O4/c1-20-13-8-7-11(9-16-13)15(19)17(10-14(18)21-2)12-5-3-4-6-12/h7-9,12H,3-6,10H2,1-2H3. The van der Waals surface area contributed by atoms with E-state index in [1.54, 1.807) is 17.0 Å². The Labute approximate surface area is 124 Å². The molecule has 1 aliphatic rings. The van der Waals surface area contributed by atoms with Crippen molar-refractivity contribution in [1.82, 2.24) is 9.88 Å². The van der Waals surface area contributed by atoms with Crippen LogP contribution in [-0.2, 0) is 9.53 Å². The molecule has 0 bridgehead atoms. The van der Waals surface area contributed by atoms with Gasteiger partial charge in [0.15, 0.2) is 0 Å². The van der Waals surface area contributed by atoms with Gasteiger partial charge in [0.25, 0.3) is 5.91 Å². The number of esters is 1. The van der Waals surface area contributed by atoms with E-state index in [2.05, 4.69) is 4.98 Å². The first-order chi connectivity index (χ1) is 10.2. The number of hydrogen-bond acceptors (Lipinski definition) is 5. The second kappa shape index (κ2) is 7.06. The molecule has 0 saturated heterocycles. The van der Waals surface area contributed by atoms with E-state index >= 15 is 0 Å². The van der Waals surface area contributed by atoms with Crippen molar-refractivity contribution in [1.29, 1.82) is 0 Å². The van der Waals surface area contributed by atoms with Crippen LogP contribution in [0.15, 0.2) is 18.3 Å². The van der Waals surface area contributed by atoms with Crippen LogP contribution >= 0.6 is 0 Å². The fourth-order valence-corrected chi connectivity index (χ4v) is 2.58. The molecular formula is C15H20N2O4. The van der Waals surface area contributed by atoms with Gasteiger partial charge in [-0.3, -0.25) is 9.59 Å². The average Bonchev–Trinajstić information content (AvgIpc) is 3.06. The first-order valence-electron chi connectivity index (χ1n) is 7.03. The minimum Gasteiger partial charge on any atom is -0.481 e. The van der Waals surface area contributed by atoms with Gasteiger partial charge in [0.2, 0.25) is 5.88 Å². The lowest BCUT2D eigenvalue weighted by molar-refractivity contribution is -0.141. The Balaban J connectivity index is 2.17. The lowest BCUT2D eigenvalue weighted by Gasteiger charge is -2.27. The zero-order valence-corrected chi connectivity index (χ0v) is 12.4. The normalized spacial score (nSPS) is 14.8. The van der Waals surface area contributed by atoms with E-state index in [1.165, 1.54) is 20.4 Å². The van der Waals surface area contributed by atoms with Crippen molar-refractivity contribution in [2.75, 3.05) is 20.8 Å². The molecule has 0 aromatic carbocycles. The number of carbonyl (C=O) groups excluding carboxylic acids is 2. The fraction of sp³-hybridized carbons (Fsp3) is 0.533. The smallest absolute Gasteiger partial charge is 0.325 e. The molecule has 21 heavy (non-hydrogen) atoms. The van der Waals surface area contributed by atoms with Crippen LogP contribution in [0.25, 0.3) is 0 Å². The second-order valence-corrected chi connectivity index (χ2v) is 5.04. The van der Waals surface area contributed by atoms with Gasteiger partial charge in [-0.05, 0) is 18.9 Å². The van der Waals surface area contributed by atoms with Crippen LogP contribution in [0, 0.1) is 0 Å². The molecule has 6 heteroatoms. The van der Waals surface area contributed by atoms with Crippen LogP contribution in [0.5, 0.6) is 5.88 Å². The fourth-order valence-electron chi connectivity index (χ4n) is 2.58. The number of methoxy groups -OCH3 is 2. The molecule has 0 N–H and O–H groups in total. The van der Waals surface area contributed by atoms with Gasteiger partial charge in [0.05, 0.1) is 19.8 Å². The maximum Gasteiger partial charge on any atom is 0.325 e. The number of aromatic nitrogens is 1. The number of carbonyl (C=O) groups is 2. The highest BCUT2D eigenvalue weighted by Crippen LogP contribution is 2.25. The SMILES string of the molecule is COC(=O)CN(C(=O)c1ccc(OC)nc1)C1CCCC1.